The zero-order chi connectivity index (χ0) is 6.72. The summed E-state index contributed by atoms with van der Waals surface area (Å²) in [6, 6.07) is 4.68. The van der Waals surface area contributed by atoms with Gasteiger partial charge in [0, 0.05) is 0 Å². The molecular weight excluding hydrogens is 120 g/mol. The molecule has 50 valence electrons. The van der Waals surface area contributed by atoms with Gasteiger partial charge in [0.1, 0.15) is 0 Å². The first-order valence-electron chi connectivity index (χ1n) is 3.97. The molecule has 0 heteroatoms. The molecule has 0 aromatic heterocycles. The molecule has 2 aliphatic rings. The van der Waals surface area contributed by atoms with E-state index in [2.05, 4.69) is 19.1 Å². The highest BCUT2D eigenvalue weighted by Crippen LogP contribution is 2.48. The summed E-state index contributed by atoms with van der Waals surface area (Å²) in [4.78, 5) is 0. The smallest absolute Gasteiger partial charge is 0.00754 e. The Morgan fingerprint density at radius 2 is 1.80 bits per heavy atom. The van der Waals surface area contributed by atoms with E-state index in [0.717, 1.165) is 5.92 Å². The third-order valence-electron chi connectivity index (χ3n) is 2.84. The van der Waals surface area contributed by atoms with Crippen molar-refractivity contribution in [2.24, 2.45) is 0 Å². The van der Waals surface area contributed by atoms with Crippen LogP contribution >= 0.6 is 0 Å². The Bertz CT molecular complexity index is 283. The van der Waals surface area contributed by atoms with Crippen LogP contribution in [-0.4, -0.2) is 0 Å². The maximum atomic E-state index is 2.34. The van der Waals surface area contributed by atoms with E-state index in [1.807, 2.05) is 0 Å². The van der Waals surface area contributed by atoms with Gasteiger partial charge in [-0.15, -0.1) is 0 Å². The summed E-state index contributed by atoms with van der Waals surface area (Å²) in [7, 11) is 0. The molecule has 0 heterocycles. The molecule has 0 nitrogen and oxygen atoms in total. The third-order valence-corrected chi connectivity index (χ3v) is 2.84. The van der Waals surface area contributed by atoms with Crippen LogP contribution < -0.4 is 0 Å². The quantitative estimate of drug-likeness (QED) is 0.505. The Labute approximate surface area is 60.9 Å². The average molecular weight is 130 g/mol. The predicted octanol–water partition coefficient (Wildman–Crippen LogP) is 2.19. The third kappa shape index (κ3) is 0.377. The first-order chi connectivity index (χ1) is 4.84. The lowest BCUT2D eigenvalue weighted by Crippen LogP contribution is -2.30. The molecule has 0 amide bonds. The number of rotatable bonds is 0. The van der Waals surface area contributed by atoms with Crippen molar-refractivity contribution >= 4 is 0 Å². The summed E-state index contributed by atoms with van der Waals surface area (Å²) in [6.07, 6.45) is 2.73. The van der Waals surface area contributed by atoms with Crippen molar-refractivity contribution in [3.05, 3.63) is 34.4 Å². The van der Waals surface area contributed by atoms with Crippen LogP contribution in [0.15, 0.2) is 12.1 Å². The maximum Gasteiger partial charge on any atom is -0.00754 e. The van der Waals surface area contributed by atoms with Gasteiger partial charge in [0.05, 0.1) is 0 Å². The van der Waals surface area contributed by atoms with Crippen molar-refractivity contribution in [3.8, 4) is 0 Å². The van der Waals surface area contributed by atoms with Crippen molar-refractivity contribution in [1.29, 1.82) is 0 Å². The van der Waals surface area contributed by atoms with E-state index in [9.17, 15) is 0 Å². The van der Waals surface area contributed by atoms with Gasteiger partial charge in [0.2, 0.25) is 0 Å². The number of aryl methyl sites for hydroxylation is 1. The second-order valence-corrected chi connectivity index (χ2v) is 3.60. The molecule has 3 rings (SSSR count). The van der Waals surface area contributed by atoms with Crippen molar-refractivity contribution in [2.75, 3.05) is 0 Å². The first-order valence-corrected chi connectivity index (χ1v) is 3.97. The van der Waals surface area contributed by atoms with Gasteiger partial charge in [-0.3, -0.25) is 0 Å². The Kier molecular flexibility index (Phi) is 0.639. The van der Waals surface area contributed by atoms with Crippen molar-refractivity contribution in [2.45, 2.75) is 25.7 Å². The second-order valence-electron chi connectivity index (χ2n) is 3.60. The lowest BCUT2D eigenvalue weighted by atomic mass is 9.62. The Morgan fingerprint density at radius 3 is 2.30 bits per heavy atom. The Hall–Kier alpha value is -0.780. The van der Waals surface area contributed by atoms with Crippen LogP contribution in [0, 0.1) is 6.92 Å². The van der Waals surface area contributed by atoms with Gasteiger partial charge in [-0.05, 0) is 42.4 Å². The maximum absolute atomic E-state index is 2.34. The summed E-state index contributed by atoms with van der Waals surface area (Å²) in [5, 5.41) is 0. The van der Waals surface area contributed by atoms with Crippen LogP contribution in [0.5, 0.6) is 0 Å². The van der Waals surface area contributed by atoms with E-state index in [-0.39, 0.29) is 0 Å². The van der Waals surface area contributed by atoms with Gasteiger partial charge >= 0.3 is 0 Å². The van der Waals surface area contributed by atoms with E-state index in [0.29, 0.717) is 0 Å². The molecule has 0 fully saturated rings. The lowest BCUT2D eigenvalue weighted by molar-refractivity contribution is 0.525. The van der Waals surface area contributed by atoms with E-state index >= 15 is 0 Å². The molecule has 0 radical (unpaired) electrons. The zero-order valence-corrected chi connectivity index (χ0v) is 6.15. The molecule has 2 aliphatic carbocycles. The highest BCUT2D eigenvalue weighted by molar-refractivity contribution is 5.55. The van der Waals surface area contributed by atoms with Crippen LogP contribution in [0.3, 0.4) is 0 Å². The van der Waals surface area contributed by atoms with Gasteiger partial charge in [0.25, 0.3) is 0 Å². The van der Waals surface area contributed by atoms with Gasteiger partial charge in [-0.25, -0.2) is 0 Å². The molecule has 0 aliphatic heterocycles. The van der Waals surface area contributed by atoms with Gasteiger partial charge in [0.15, 0.2) is 0 Å². The molecule has 0 bridgehead atoms. The SMILES string of the molecule is Cc1cc2c3c(c1)CC3C2. The fourth-order valence-corrected chi connectivity index (χ4v) is 2.36. The number of hydrogen-bond acceptors (Lipinski definition) is 0. The highest BCUT2D eigenvalue weighted by atomic mass is 14.4. The highest BCUT2D eigenvalue weighted by Gasteiger charge is 2.36. The van der Waals surface area contributed by atoms with Crippen LogP contribution in [0.2, 0.25) is 0 Å². The standard InChI is InChI=1S/C10H10/c1-6-2-7-4-9-5-8(3-6)10(7)9/h2-3,9H,4-5H2,1H3. The molecule has 1 aromatic carbocycles. The van der Waals surface area contributed by atoms with Crippen LogP contribution in [0.1, 0.15) is 28.2 Å². The first kappa shape index (κ1) is 4.95. The molecule has 0 N–H and O–H groups in total. The minimum atomic E-state index is 0.977. The summed E-state index contributed by atoms with van der Waals surface area (Å²) in [5.41, 5.74) is 6.41. The lowest BCUT2D eigenvalue weighted by Gasteiger charge is -2.42. The van der Waals surface area contributed by atoms with Crippen LogP contribution in [0.4, 0.5) is 0 Å². The van der Waals surface area contributed by atoms with E-state index in [1.165, 1.54) is 18.4 Å². The molecule has 0 unspecified atom stereocenters. The molecule has 0 spiro atoms. The summed E-state index contributed by atoms with van der Waals surface area (Å²) in [5.74, 6) is 0.977. The van der Waals surface area contributed by atoms with Crippen LogP contribution in [0.25, 0.3) is 0 Å². The fraction of sp³-hybridized carbons (Fsp3) is 0.400. The Balaban J connectivity index is 2.36. The Morgan fingerprint density at radius 1 is 1.20 bits per heavy atom. The van der Waals surface area contributed by atoms with Gasteiger partial charge < -0.3 is 0 Å². The van der Waals surface area contributed by atoms with Crippen LogP contribution in [-0.2, 0) is 12.8 Å². The second kappa shape index (κ2) is 1.29. The van der Waals surface area contributed by atoms with Crippen molar-refractivity contribution in [3.63, 3.8) is 0 Å². The van der Waals surface area contributed by atoms with E-state index in [4.69, 9.17) is 0 Å². The summed E-state index contributed by atoms with van der Waals surface area (Å²) < 4.78 is 0. The van der Waals surface area contributed by atoms with Gasteiger partial charge in [-0.1, -0.05) is 17.7 Å². The monoisotopic (exact) mass is 130 g/mol. The largest absolute Gasteiger partial charge is 0.0558 e. The molecule has 0 atom stereocenters. The minimum absolute atomic E-state index is 0.977. The van der Waals surface area contributed by atoms with Crippen molar-refractivity contribution in [1.82, 2.24) is 0 Å². The van der Waals surface area contributed by atoms with E-state index < -0.39 is 0 Å². The predicted molar refractivity (Wildman–Crippen MR) is 41.3 cm³/mol. The normalized spacial score (nSPS) is 19.3. The molecule has 0 saturated carbocycles. The minimum Gasteiger partial charge on any atom is -0.0558 e. The molecular formula is C10H10. The molecule has 1 aromatic rings. The summed E-state index contributed by atoms with van der Waals surface area (Å²) >= 11 is 0. The molecule has 0 saturated heterocycles. The topological polar surface area (TPSA) is 0 Å². The van der Waals surface area contributed by atoms with Crippen molar-refractivity contribution < 1.29 is 0 Å². The molecule has 10 heavy (non-hydrogen) atoms. The summed E-state index contributed by atoms with van der Waals surface area (Å²) in [6.45, 7) is 2.20. The number of benzene rings is 1. The van der Waals surface area contributed by atoms with Gasteiger partial charge in [-0.2, -0.15) is 0 Å². The fourth-order valence-electron chi connectivity index (χ4n) is 2.36. The zero-order valence-electron chi connectivity index (χ0n) is 6.15. The number of hydrogen-bond donors (Lipinski definition) is 0. The van der Waals surface area contributed by atoms with E-state index in [1.54, 1.807) is 16.7 Å². The average Bonchev–Trinajstić information content (AvgIpc) is 1.78.